The standard InChI is InChI=1S/C27H28O4S/c1-19(2)9-8-10-20(3)13-18-24-25(22-14-16-23(17-15-22)32(4,29)30)26(27(28)31-24)21-11-6-5-7-12-21/h5-7,9,11-18H,8,10H2,1-4H3/b20-13-,24-18-. The molecule has 166 valence electrons. The first-order valence-electron chi connectivity index (χ1n) is 10.5. The van der Waals surface area contributed by atoms with Gasteiger partial charge >= 0.3 is 5.97 Å². The third kappa shape index (κ3) is 5.74. The van der Waals surface area contributed by atoms with E-state index in [9.17, 15) is 13.2 Å². The van der Waals surface area contributed by atoms with Crippen molar-refractivity contribution < 1.29 is 17.9 Å². The number of sulfone groups is 1. The van der Waals surface area contributed by atoms with E-state index in [1.54, 1.807) is 24.3 Å². The van der Waals surface area contributed by atoms with Gasteiger partial charge in [-0.05, 0) is 62.9 Å². The van der Waals surface area contributed by atoms with Gasteiger partial charge in [0.05, 0.1) is 10.5 Å². The molecule has 1 aliphatic heterocycles. The second-order valence-electron chi connectivity index (χ2n) is 8.17. The molecule has 4 nitrogen and oxygen atoms in total. The lowest BCUT2D eigenvalue weighted by molar-refractivity contribution is -0.131. The average molecular weight is 449 g/mol. The summed E-state index contributed by atoms with van der Waals surface area (Å²) >= 11 is 0. The molecular formula is C27H28O4S. The lowest BCUT2D eigenvalue weighted by Gasteiger charge is -2.07. The molecule has 2 aromatic carbocycles. The molecule has 0 aliphatic carbocycles. The Hall–Kier alpha value is -3.18. The predicted octanol–water partition coefficient (Wildman–Crippen LogP) is 6.13. The van der Waals surface area contributed by atoms with Crippen molar-refractivity contribution in [2.45, 2.75) is 38.5 Å². The molecule has 0 saturated carbocycles. The number of hydrogen-bond donors (Lipinski definition) is 0. The highest BCUT2D eigenvalue weighted by molar-refractivity contribution is 7.90. The highest BCUT2D eigenvalue weighted by Gasteiger charge is 2.31. The van der Waals surface area contributed by atoms with Gasteiger partial charge in [-0.2, -0.15) is 0 Å². The highest BCUT2D eigenvalue weighted by atomic mass is 32.2. The summed E-state index contributed by atoms with van der Waals surface area (Å²) < 4.78 is 29.4. The van der Waals surface area contributed by atoms with Crippen LogP contribution in [0.4, 0.5) is 0 Å². The highest BCUT2D eigenvalue weighted by Crippen LogP contribution is 2.40. The first-order valence-corrected chi connectivity index (χ1v) is 12.4. The molecule has 0 atom stereocenters. The number of ether oxygens (including phenoxy) is 1. The predicted molar refractivity (Wildman–Crippen MR) is 129 cm³/mol. The van der Waals surface area contributed by atoms with Gasteiger partial charge in [0.15, 0.2) is 9.84 Å². The van der Waals surface area contributed by atoms with Gasteiger partial charge in [-0.25, -0.2) is 13.2 Å². The maximum absolute atomic E-state index is 12.8. The Labute approximate surface area is 190 Å². The minimum atomic E-state index is -3.31. The first kappa shape index (κ1) is 23.5. The van der Waals surface area contributed by atoms with Crippen molar-refractivity contribution in [2.75, 3.05) is 6.26 Å². The molecule has 0 aromatic heterocycles. The normalized spacial score (nSPS) is 15.8. The number of cyclic esters (lactones) is 1. The molecule has 32 heavy (non-hydrogen) atoms. The summed E-state index contributed by atoms with van der Waals surface area (Å²) in [6, 6.07) is 15.9. The molecule has 0 bridgehead atoms. The number of esters is 1. The topological polar surface area (TPSA) is 60.4 Å². The average Bonchev–Trinajstić information content (AvgIpc) is 3.08. The van der Waals surface area contributed by atoms with Crippen LogP contribution in [-0.2, 0) is 19.4 Å². The number of carbonyl (C=O) groups excluding carboxylic acids is 1. The summed E-state index contributed by atoms with van der Waals surface area (Å²) in [6.45, 7) is 6.21. The summed E-state index contributed by atoms with van der Waals surface area (Å²) in [6.07, 6.45) is 9.04. The molecule has 0 N–H and O–H groups in total. The summed E-state index contributed by atoms with van der Waals surface area (Å²) in [5.74, 6) is 0.0442. The summed E-state index contributed by atoms with van der Waals surface area (Å²) in [5, 5.41) is 0. The number of allylic oxidation sites excluding steroid dienone is 6. The van der Waals surface area contributed by atoms with Gasteiger partial charge in [-0.3, -0.25) is 0 Å². The first-order chi connectivity index (χ1) is 15.2. The third-order valence-electron chi connectivity index (χ3n) is 5.15. The van der Waals surface area contributed by atoms with E-state index in [1.165, 1.54) is 17.4 Å². The van der Waals surface area contributed by atoms with Crippen LogP contribution in [0.15, 0.2) is 94.6 Å². The van der Waals surface area contributed by atoms with E-state index in [2.05, 4.69) is 26.8 Å². The van der Waals surface area contributed by atoms with Crippen LogP contribution in [-0.4, -0.2) is 20.6 Å². The minimum Gasteiger partial charge on any atom is -0.422 e. The van der Waals surface area contributed by atoms with E-state index >= 15 is 0 Å². The fraction of sp³-hybridized carbons (Fsp3) is 0.222. The lowest BCUT2D eigenvalue weighted by Crippen LogP contribution is -1.98. The Balaban J connectivity index is 2.07. The minimum absolute atomic E-state index is 0.230. The van der Waals surface area contributed by atoms with Gasteiger partial charge in [0.2, 0.25) is 0 Å². The van der Waals surface area contributed by atoms with Gasteiger partial charge in [0.25, 0.3) is 0 Å². The van der Waals surface area contributed by atoms with Crippen molar-refractivity contribution in [1.82, 2.24) is 0 Å². The maximum Gasteiger partial charge on any atom is 0.344 e. The molecule has 1 heterocycles. The Bertz CT molecular complexity index is 1220. The Kier molecular flexibility index (Phi) is 7.31. The lowest BCUT2D eigenvalue weighted by atomic mass is 9.95. The van der Waals surface area contributed by atoms with Gasteiger partial charge < -0.3 is 4.74 Å². The van der Waals surface area contributed by atoms with Gasteiger partial charge in [0.1, 0.15) is 5.76 Å². The molecule has 0 spiro atoms. The molecule has 3 rings (SSSR count). The summed E-state index contributed by atoms with van der Waals surface area (Å²) in [7, 11) is -3.31. The van der Waals surface area contributed by atoms with Crippen LogP contribution in [0.3, 0.4) is 0 Å². The van der Waals surface area contributed by atoms with Gasteiger partial charge in [-0.1, -0.05) is 65.8 Å². The van der Waals surface area contributed by atoms with E-state index in [1.807, 2.05) is 42.5 Å². The Morgan fingerprint density at radius 1 is 0.906 bits per heavy atom. The van der Waals surface area contributed by atoms with Gasteiger partial charge in [0, 0.05) is 11.8 Å². The fourth-order valence-corrected chi connectivity index (χ4v) is 4.09. The molecule has 1 aliphatic rings. The smallest absolute Gasteiger partial charge is 0.344 e. The van der Waals surface area contributed by atoms with E-state index in [0.29, 0.717) is 16.9 Å². The number of rotatable bonds is 7. The molecule has 0 saturated heterocycles. The SMILES string of the molecule is CC(C)=CCC/C(C)=C\C=C1/OC(=O)C(c2ccccc2)=C1c1ccc(S(C)(=O)=O)cc1. The van der Waals surface area contributed by atoms with Crippen LogP contribution in [0.1, 0.15) is 44.7 Å². The molecule has 0 radical (unpaired) electrons. The van der Waals surface area contributed by atoms with Gasteiger partial charge in [-0.15, -0.1) is 0 Å². The number of carbonyl (C=O) groups is 1. The molecule has 0 unspecified atom stereocenters. The number of hydrogen-bond acceptors (Lipinski definition) is 4. The zero-order valence-electron chi connectivity index (χ0n) is 18.9. The van der Waals surface area contributed by atoms with Crippen molar-refractivity contribution in [3.05, 3.63) is 101 Å². The largest absolute Gasteiger partial charge is 0.422 e. The van der Waals surface area contributed by atoms with Crippen LogP contribution in [0, 0.1) is 0 Å². The van der Waals surface area contributed by atoms with Crippen LogP contribution in [0.25, 0.3) is 11.1 Å². The Morgan fingerprint density at radius 2 is 1.53 bits per heavy atom. The van der Waals surface area contributed by atoms with Crippen molar-refractivity contribution in [3.63, 3.8) is 0 Å². The van der Waals surface area contributed by atoms with Crippen LogP contribution in [0.5, 0.6) is 0 Å². The molecule has 0 fully saturated rings. The molecule has 5 heteroatoms. The monoisotopic (exact) mass is 448 g/mol. The van der Waals surface area contributed by atoms with Crippen LogP contribution in [0.2, 0.25) is 0 Å². The Morgan fingerprint density at radius 3 is 2.12 bits per heavy atom. The van der Waals surface area contributed by atoms with Crippen molar-refractivity contribution in [1.29, 1.82) is 0 Å². The molecule has 2 aromatic rings. The van der Waals surface area contributed by atoms with E-state index in [0.717, 1.165) is 24.0 Å². The van der Waals surface area contributed by atoms with E-state index in [-0.39, 0.29) is 4.90 Å². The second-order valence-corrected chi connectivity index (χ2v) is 10.2. The van der Waals surface area contributed by atoms with Crippen LogP contribution >= 0.6 is 0 Å². The summed E-state index contributed by atoms with van der Waals surface area (Å²) in [4.78, 5) is 13.1. The maximum atomic E-state index is 12.8. The van der Waals surface area contributed by atoms with E-state index < -0.39 is 15.8 Å². The van der Waals surface area contributed by atoms with Crippen molar-refractivity contribution >= 4 is 27.0 Å². The second kappa shape index (κ2) is 9.96. The van der Waals surface area contributed by atoms with E-state index in [4.69, 9.17) is 4.74 Å². The molecular weight excluding hydrogens is 420 g/mol. The summed E-state index contributed by atoms with van der Waals surface area (Å²) in [5.41, 5.74) is 5.08. The van der Waals surface area contributed by atoms with Crippen molar-refractivity contribution in [2.24, 2.45) is 0 Å². The fourth-order valence-electron chi connectivity index (χ4n) is 3.46. The van der Waals surface area contributed by atoms with Crippen LogP contribution < -0.4 is 0 Å². The van der Waals surface area contributed by atoms with Crippen molar-refractivity contribution in [3.8, 4) is 0 Å². The quantitative estimate of drug-likeness (QED) is 0.377. The zero-order valence-corrected chi connectivity index (χ0v) is 19.7. The molecule has 0 amide bonds. The third-order valence-corrected chi connectivity index (χ3v) is 6.28. The zero-order chi connectivity index (χ0) is 23.3. The number of benzene rings is 2.